The van der Waals surface area contributed by atoms with Crippen molar-refractivity contribution in [2.75, 3.05) is 12.4 Å². The van der Waals surface area contributed by atoms with Crippen LogP contribution in [0.4, 0.5) is 5.82 Å². The average molecular weight is 272 g/mol. The molecule has 0 aliphatic heterocycles. The van der Waals surface area contributed by atoms with Crippen molar-refractivity contribution in [3.63, 3.8) is 0 Å². The van der Waals surface area contributed by atoms with Gasteiger partial charge in [0.15, 0.2) is 0 Å². The Hall–Kier alpha value is -0.640. The lowest BCUT2D eigenvalue weighted by atomic mass is 10.2. The van der Waals surface area contributed by atoms with Crippen molar-refractivity contribution in [3.8, 4) is 0 Å². The van der Waals surface area contributed by atoms with Gasteiger partial charge < -0.3 is 5.32 Å². The largest absolute Gasteiger partial charge is 0.372 e. The molecular weight excluding hydrogens is 254 g/mol. The van der Waals surface area contributed by atoms with E-state index in [-0.39, 0.29) is 0 Å². The highest BCUT2D eigenvalue weighted by atomic mass is 79.9. The average Bonchev–Trinajstić information content (AvgIpc) is 2.27. The van der Waals surface area contributed by atoms with Crippen LogP contribution in [0.3, 0.4) is 0 Å². The van der Waals surface area contributed by atoms with E-state index in [2.05, 4.69) is 45.1 Å². The van der Waals surface area contributed by atoms with Gasteiger partial charge in [-0.3, -0.25) is 0 Å². The molecule has 15 heavy (non-hydrogen) atoms. The highest BCUT2D eigenvalue weighted by molar-refractivity contribution is 9.10. The number of anilines is 1. The lowest BCUT2D eigenvalue weighted by Gasteiger charge is -2.09. The molecule has 4 heteroatoms. The number of hydrogen-bond donors (Lipinski definition) is 1. The van der Waals surface area contributed by atoms with Crippen LogP contribution in [0.2, 0.25) is 0 Å². The molecule has 0 aliphatic rings. The van der Waals surface area contributed by atoms with Gasteiger partial charge in [0.2, 0.25) is 0 Å². The molecule has 0 saturated carbocycles. The maximum absolute atomic E-state index is 4.54. The van der Waals surface area contributed by atoms with Crippen molar-refractivity contribution in [1.82, 2.24) is 9.97 Å². The van der Waals surface area contributed by atoms with Crippen LogP contribution in [0, 0.1) is 0 Å². The Bertz CT molecular complexity index is 301. The first kappa shape index (κ1) is 12.4. The normalized spacial score (nSPS) is 10.4. The first-order chi connectivity index (χ1) is 7.22. The summed E-state index contributed by atoms with van der Waals surface area (Å²) in [7, 11) is 1.89. The van der Waals surface area contributed by atoms with E-state index < -0.39 is 0 Å². The van der Waals surface area contributed by atoms with Gasteiger partial charge in [0.1, 0.15) is 11.6 Å². The van der Waals surface area contributed by atoms with E-state index in [1.807, 2.05) is 7.05 Å². The summed E-state index contributed by atoms with van der Waals surface area (Å²) in [5.41, 5.74) is 1.08. The van der Waals surface area contributed by atoms with E-state index in [0.717, 1.165) is 41.1 Å². The summed E-state index contributed by atoms with van der Waals surface area (Å²) in [6.07, 6.45) is 4.21. The van der Waals surface area contributed by atoms with Gasteiger partial charge >= 0.3 is 0 Å². The Balaban J connectivity index is 2.98. The van der Waals surface area contributed by atoms with Crippen LogP contribution in [-0.2, 0) is 12.8 Å². The number of nitrogens with one attached hydrogen (secondary N) is 1. The first-order valence-corrected chi connectivity index (χ1v) is 6.25. The highest BCUT2D eigenvalue weighted by Crippen LogP contribution is 2.23. The standard InChI is InChI=1S/C11H18BrN3/c1-4-6-7-9-14-8(5-2)10(12)11(13-3)15-9/h4-7H2,1-3H3,(H,13,14,15). The van der Waals surface area contributed by atoms with Crippen LogP contribution >= 0.6 is 15.9 Å². The quantitative estimate of drug-likeness (QED) is 0.894. The van der Waals surface area contributed by atoms with Crippen molar-refractivity contribution in [1.29, 1.82) is 0 Å². The molecule has 0 atom stereocenters. The van der Waals surface area contributed by atoms with Crippen molar-refractivity contribution < 1.29 is 0 Å². The van der Waals surface area contributed by atoms with Crippen LogP contribution in [0.1, 0.15) is 38.2 Å². The van der Waals surface area contributed by atoms with Crippen molar-refractivity contribution >= 4 is 21.7 Å². The zero-order valence-corrected chi connectivity index (χ0v) is 11.2. The number of aromatic nitrogens is 2. The Morgan fingerprint density at radius 2 is 2.00 bits per heavy atom. The van der Waals surface area contributed by atoms with Gasteiger partial charge in [-0.25, -0.2) is 9.97 Å². The third-order valence-electron chi connectivity index (χ3n) is 2.29. The van der Waals surface area contributed by atoms with Crippen LogP contribution in [-0.4, -0.2) is 17.0 Å². The Kier molecular flexibility index (Phi) is 5.02. The minimum Gasteiger partial charge on any atom is -0.372 e. The van der Waals surface area contributed by atoms with E-state index in [1.54, 1.807) is 0 Å². The molecule has 1 aromatic heterocycles. The molecule has 0 fully saturated rings. The summed E-state index contributed by atoms with van der Waals surface area (Å²) in [4.78, 5) is 9.01. The molecule has 0 amide bonds. The summed E-state index contributed by atoms with van der Waals surface area (Å²) in [6, 6.07) is 0. The third kappa shape index (κ3) is 3.16. The van der Waals surface area contributed by atoms with Gasteiger partial charge in [0.05, 0.1) is 10.2 Å². The maximum atomic E-state index is 4.54. The molecule has 84 valence electrons. The Morgan fingerprint density at radius 3 is 2.53 bits per heavy atom. The molecule has 1 heterocycles. The third-order valence-corrected chi connectivity index (χ3v) is 3.13. The van der Waals surface area contributed by atoms with E-state index in [9.17, 15) is 0 Å². The second-order valence-corrected chi connectivity index (χ2v) is 4.25. The summed E-state index contributed by atoms with van der Waals surface area (Å²) in [5, 5.41) is 3.09. The number of halogens is 1. The van der Waals surface area contributed by atoms with Gasteiger partial charge in [-0.1, -0.05) is 20.3 Å². The van der Waals surface area contributed by atoms with Crippen LogP contribution in [0.5, 0.6) is 0 Å². The minimum atomic E-state index is 0.896. The number of aryl methyl sites for hydroxylation is 2. The van der Waals surface area contributed by atoms with Crippen LogP contribution in [0.15, 0.2) is 4.47 Å². The fourth-order valence-corrected chi connectivity index (χ4v) is 2.05. The predicted octanol–water partition coefficient (Wildman–Crippen LogP) is 3.19. The van der Waals surface area contributed by atoms with Crippen molar-refractivity contribution in [2.45, 2.75) is 39.5 Å². The zero-order chi connectivity index (χ0) is 11.3. The molecular formula is C11H18BrN3. The minimum absolute atomic E-state index is 0.896. The van der Waals surface area contributed by atoms with E-state index in [1.165, 1.54) is 6.42 Å². The first-order valence-electron chi connectivity index (χ1n) is 5.45. The fourth-order valence-electron chi connectivity index (χ4n) is 1.39. The molecule has 0 radical (unpaired) electrons. The number of unbranched alkanes of at least 4 members (excludes halogenated alkanes) is 1. The summed E-state index contributed by atoms with van der Waals surface area (Å²) in [6.45, 7) is 4.29. The molecule has 1 N–H and O–H groups in total. The van der Waals surface area contributed by atoms with Gasteiger partial charge in [0.25, 0.3) is 0 Å². The zero-order valence-electron chi connectivity index (χ0n) is 9.60. The second-order valence-electron chi connectivity index (χ2n) is 3.46. The topological polar surface area (TPSA) is 37.8 Å². The van der Waals surface area contributed by atoms with E-state index in [0.29, 0.717) is 0 Å². The SMILES string of the molecule is CCCCc1nc(CC)c(Br)c(NC)n1. The summed E-state index contributed by atoms with van der Waals surface area (Å²) >= 11 is 3.52. The fraction of sp³-hybridized carbons (Fsp3) is 0.636. The smallest absolute Gasteiger partial charge is 0.144 e. The molecule has 1 rings (SSSR count). The summed E-state index contributed by atoms with van der Waals surface area (Å²) in [5.74, 6) is 1.84. The summed E-state index contributed by atoms with van der Waals surface area (Å²) < 4.78 is 0.993. The predicted molar refractivity (Wildman–Crippen MR) is 67.3 cm³/mol. The lowest BCUT2D eigenvalue weighted by Crippen LogP contribution is -2.05. The van der Waals surface area contributed by atoms with Crippen molar-refractivity contribution in [3.05, 3.63) is 16.0 Å². The van der Waals surface area contributed by atoms with Gasteiger partial charge in [-0.05, 0) is 28.8 Å². The van der Waals surface area contributed by atoms with Gasteiger partial charge in [-0.15, -0.1) is 0 Å². The molecule has 0 aromatic carbocycles. The van der Waals surface area contributed by atoms with Gasteiger partial charge in [0, 0.05) is 13.5 Å². The van der Waals surface area contributed by atoms with Crippen LogP contribution < -0.4 is 5.32 Å². The molecule has 3 nitrogen and oxygen atoms in total. The molecule has 1 aromatic rings. The molecule has 0 bridgehead atoms. The number of nitrogens with zero attached hydrogens (tertiary/aromatic N) is 2. The van der Waals surface area contributed by atoms with Gasteiger partial charge in [-0.2, -0.15) is 0 Å². The van der Waals surface area contributed by atoms with E-state index in [4.69, 9.17) is 0 Å². The molecule has 0 unspecified atom stereocenters. The molecule has 0 saturated heterocycles. The van der Waals surface area contributed by atoms with Crippen molar-refractivity contribution in [2.24, 2.45) is 0 Å². The second kappa shape index (κ2) is 6.05. The monoisotopic (exact) mass is 271 g/mol. The number of rotatable bonds is 5. The van der Waals surface area contributed by atoms with Crippen LogP contribution in [0.25, 0.3) is 0 Å². The maximum Gasteiger partial charge on any atom is 0.144 e. The Morgan fingerprint density at radius 1 is 1.27 bits per heavy atom. The Labute approximate surface area is 99.8 Å². The highest BCUT2D eigenvalue weighted by Gasteiger charge is 2.09. The lowest BCUT2D eigenvalue weighted by molar-refractivity contribution is 0.743. The molecule has 0 spiro atoms. The molecule has 0 aliphatic carbocycles. The van der Waals surface area contributed by atoms with E-state index >= 15 is 0 Å². The number of hydrogen-bond acceptors (Lipinski definition) is 3.